The molecule has 1 heterocycles. The lowest BCUT2D eigenvalue weighted by Gasteiger charge is -2.27. The van der Waals surface area contributed by atoms with E-state index in [9.17, 15) is 4.79 Å². The maximum atomic E-state index is 12.9. The van der Waals surface area contributed by atoms with Crippen molar-refractivity contribution in [1.29, 1.82) is 0 Å². The summed E-state index contributed by atoms with van der Waals surface area (Å²) in [6, 6.07) is 24.1. The van der Waals surface area contributed by atoms with Crippen molar-refractivity contribution in [2.24, 2.45) is 0 Å². The van der Waals surface area contributed by atoms with Crippen LogP contribution in [0.5, 0.6) is 0 Å². The summed E-state index contributed by atoms with van der Waals surface area (Å²) in [7, 11) is 0. The number of nitrogens with one attached hydrogen (secondary N) is 1. The van der Waals surface area contributed by atoms with E-state index < -0.39 is 0 Å². The molecule has 0 radical (unpaired) electrons. The molecular weight excluding hydrogens is 423 g/mol. The largest absolute Gasteiger partial charge is 0.271 e. The normalized spacial score (nSPS) is 12.8. The molecule has 1 aliphatic heterocycles. The third-order valence-corrected chi connectivity index (χ3v) is 5.40. The number of hydrogen-bond acceptors (Lipinski definition) is 2. The van der Waals surface area contributed by atoms with Crippen LogP contribution in [0.4, 0.5) is 11.4 Å². The molecule has 4 rings (SSSR count). The van der Waals surface area contributed by atoms with E-state index in [4.69, 9.17) is 0 Å². The topological polar surface area (TPSA) is 32.3 Å². The van der Waals surface area contributed by atoms with Crippen LogP contribution in [0.3, 0.4) is 0 Å². The molecule has 3 aromatic rings. The van der Waals surface area contributed by atoms with Crippen molar-refractivity contribution in [3.05, 3.63) is 93.1 Å². The Labute approximate surface area is 160 Å². The third kappa shape index (κ3) is 3.14. The highest BCUT2D eigenvalue weighted by molar-refractivity contribution is 14.1. The molecule has 124 valence electrons. The first-order valence-corrected chi connectivity index (χ1v) is 9.33. The molecule has 0 aliphatic carbocycles. The van der Waals surface area contributed by atoms with Crippen molar-refractivity contribution in [3.8, 4) is 0 Å². The maximum Gasteiger partial charge on any atom is 0.271 e. The number of para-hydroxylation sites is 2. The highest BCUT2D eigenvalue weighted by Crippen LogP contribution is 2.34. The molecule has 0 saturated heterocycles. The number of hydrogen-bond donors (Lipinski definition) is 1. The monoisotopic (exact) mass is 440 g/mol. The van der Waals surface area contributed by atoms with Gasteiger partial charge in [-0.05, 0) is 70.8 Å². The molecule has 4 heteroatoms. The smallest absolute Gasteiger partial charge is 0.267 e. The van der Waals surface area contributed by atoms with Gasteiger partial charge in [-0.1, -0.05) is 48.5 Å². The second-order valence-corrected chi connectivity index (χ2v) is 7.18. The molecule has 3 aromatic carbocycles. The Morgan fingerprint density at radius 1 is 0.800 bits per heavy atom. The average molecular weight is 440 g/mol. The minimum atomic E-state index is -0.100. The number of rotatable bonds is 2. The SMILES string of the molecule is O=C(NN1c2ccccc2CCc2ccccc21)c1ccccc1I. The highest BCUT2D eigenvalue weighted by atomic mass is 127. The molecular formula is C21H17IN2O. The van der Waals surface area contributed by atoms with Gasteiger partial charge < -0.3 is 0 Å². The van der Waals surface area contributed by atoms with E-state index in [1.165, 1.54) is 11.1 Å². The second kappa shape index (κ2) is 6.88. The van der Waals surface area contributed by atoms with E-state index in [1.54, 1.807) is 0 Å². The van der Waals surface area contributed by atoms with Crippen LogP contribution in [0.1, 0.15) is 21.5 Å². The van der Waals surface area contributed by atoms with Crippen LogP contribution in [0.2, 0.25) is 0 Å². The van der Waals surface area contributed by atoms with Gasteiger partial charge in [0.15, 0.2) is 0 Å². The van der Waals surface area contributed by atoms with Crippen LogP contribution in [-0.4, -0.2) is 5.91 Å². The summed E-state index contributed by atoms with van der Waals surface area (Å²) in [6.07, 6.45) is 1.92. The van der Waals surface area contributed by atoms with Gasteiger partial charge in [-0.25, -0.2) is 0 Å². The molecule has 1 aliphatic rings. The van der Waals surface area contributed by atoms with Gasteiger partial charge in [0.25, 0.3) is 5.91 Å². The van der Waals surface area contributed by atoms with Gasteiger partial charge in [0.05, 0.1) is 16.9 Å². The first-order chi connectivity index (χ1) is 12.2. The Kier molecular flexibility index (Phi) is 4.44. The lowest BCUT2D eigenvalue weighted by molar-refractivity contribution is 0.0953. The van der Waals surface area contributed by atoms with E-state index in [1.807, 2.05) is 41.4 Å². The first kappa shape index (κ1) is 16.1. The van der Waals surface area contributed by atoms with E-state index >= 15 is 0 Å². The Morgan fingerprint density at radius 2 is 1.32 bits per heavy atom. The summed E-state index contributed by atoms with van der Waals surface area (Å²) in [4.78, 5) is 12.9. The van der Waals surface area contributed by atoms with Crippen molar-refractivity contribution < 1.29 is 4.79 Å². The van der Waals surface area contributed by atoms with Gasteiger partial charge in [-0.2, -0.15) is 0 Å². The zero-order valence-electron chi connectivity index (χ0n) is 13.6. The van der Waals surface area contributed by atoms with Crippen LogP contribution in [0.15, 0.2) is 72.8 Å². The van der Waals surface area contributed by atoms with Crippen molar-refractivity contribution in [3.63, 3.8) is 0 Å². The number of amides is 1. The Balaban J connectivity index is 1.78. The highest BCUT2D eigenvalue weighted by Gasteiger charge is 2.22. The number of fused-ring (bicyclic) bond motifs is 2. The van der Waals surface area contributed by atoms with Gasteiger partial charge in [-0.3, -0.25) is 15.2 Å². The lowest BCUT2D eigenvalue weighted by atomic mass is 10.0. The summed E-state index contributed by atoms with van der Waals surface area (Å²) in [5.41, 5.74) is 8.34. The van der Waals surface area contributed by atoms with E-state index in [0.29, 0.717) is 5.56 Å². The van der Waals surface area contributed by atoms with Crippen molar-refractivity contribution in [2.75, 3.05) is 5.01 Å². The number of carbonyl (C=O) groups excluding carboxylic acids is 1. The van der Waals surface area contributed by atoms with Gasteiger partial charge in [-0.15, -0.1) is 0 Å². The molecule has 0 spiro atoms. The third-order valence-electron chi connectivity index (χ3n) is 4.46. The molecule has 0 bridgehead atoms. The summed E-state index contributed by atoms with van der Waals surface area (Å²) in [6.45, 7) is 0. The standard InChI is InChI=1S/C21H17IN2O/c22-18-10-4-3-9-17(18)21(25)23-24-19-11-5-1-7-15(19)13-14-16-8-2-6-12-20(16)24/h1-12H,13-14H2,(H,23,25). The predicted molar refractivity (Wildman–Crippen MR) is 109 cm³/mol. The average Bonchev–Trinajstić information content (AvgIpc) is 2.80. The summed E-state index contributed by atoms with van der Waals surface area (Å²) in [5, 5.41) is 1.93. The number of anilines is 2. The number of carbonyl (C=O) groups is 1. The minimum Gasteiger partial charge on any atom is -0.267 e. The van der Waals surface area contributed by atoms with Crippen LogP contribution < -0.4 is 10.4 Å². The second-order valence-electron chi connectivity index (χ2n) is 6.01. The first-order valence-electron chi connectivity index (χ1n) is 8.25. The van der Waals surface area contributed by atoms with Crippen LogP contribution in [-0.2, 0) is 12.8 Å². The molecule has 0 saturated carbocycles. The number of halogens is 1. The molecule has 0 unspecified atom stereocenters. The maximum absolute atomic E-state index is 12.9. The van der Waals surface area contributed by atoms with Gasteiger partial charge in [0.1, 0.15) is 0 Å². The van der Waals surface area contributed by atoms with E-state index in [2.05, 4.69) is 64.4 Å². The van der Waals surface area contributed by atoms with Crippen molar-refractivity contribution in [1.82, 2.24) is 5.43 Å². The van der Waals surface area contributed by atoms with Crippen LogP contribution in [0, 0.1) is 3.57 Å². The van der Waals surface area contributed by atoms with Crippen LogP contribution >= 0.6 is 22.6 Å². The summed E-state index contributed by atoms with van der Waals surface area (Å²) < 4.78 is 0.939. The summed E-state index contributed by atoms with van der Waals surface area (Å²) >= 11 is 2.20. The van der Waals surface area contributed by atoms with Gasteiger partial charge in [0, 0.05) is 3.57 Å². The number of hydrazine groups is 1. The van der Waals surface area contributed by atoms with Gasteiger partial charge in [0.2, 0.25) is 0 Å². The fourth-order valence-electron chi connectivity index (χ4n) is 3.21. The molecule has 0 aromatic heterocycles. The summed E-state index contributed by atoms with van der Waals surface area (Å²) in [5.74, 6) is -0.100. The molecule has 0 atom stereocenters. The Morgan fingerprint density at radius 3 is 1.92 bits per heavy atom. The fourth-order valence-corrected chi connectivity index (χ4v) is 3.84. The van der Waals surface area contributed by atoms with Crippen molar-refractivity contribution >= 4 is 39.9 Å². The van der Waals surface area contributed by atoms with E-state index in [-0.39, 0.29) is 5.91 Å². The minimum absolute atomic E-state index is 0.100. The lowest BCUT2D eigenvalue weighted by Crippen LogP contribution is -2.39. The quantitative estimate of drug-likeness (QED) is 0.577. The van der Waals surface area contributed by atoms with E-state index in [0.717, 1.165) is 27.8 Å². The molecule has 1 N–H and O–H groups in total. The molecule has 0 fully saturated rings. The van der Waals surface area contributed by atoms with Gasteiger partial charge >= 0.3 is 0 Å². The number of benzene rings is 3. The molecule has 1 amide bonds. The number of nitrogens with zero attached hydrogens (tertiary/aromatic N) is 1. The fraction of sp³-hybridized carbons (Fsp3) is 0.0952. The molecule has 3 nitrogen and oxygen atoms in total. The molecule has 25 heavy (non-hydrogen) atoms. The number of aryl methyl sites for hydroxylation is 2. The zero-order chi connectivity index (χ0) is 17.2. The Bertz CT molecular complexity index is 891. The predicted octanol–water partition coefficient (Wildman–Crippen LogP) is 4.87. The van der Waals surface area contributed by atoms with Crippen LogP contribution in [0.25, 0.3) is 0 Å². The Hall–Kier alpha value is -2.34. The zero-order valence-corrected chi connectivity index (χ0v) is 15.7. The van der Waals surface area contributed by atoms with Crippen molar-refractivity contribution in [2.45, 2.75) is 12.8 Å².